The molecular weight excluding hydrogens is 421 g/mol. The summed E-state index contributed by atoms with van der Waals surface area (Å²) in [6.45, 7) is 1.49. The van der Waals surface area contributed by atoms with Crippen LogP contribution in [-0.2, 0) is 21.0 Å². The normalized spacial score (nSPS) is 18.6. The molecule has 2 aromatic rings. The second-order valence-electron chi connectivity index (χ2n) is 6.94. The second-order valence-corrected chi connectivity index (χ2v) is 8.95. The van der Waals surface area contributed by atoms with Crippen LogP contribution >= 0.6 is 0 Å². The zero-order chi connectivity index (χ0) is 22.1. The van der Waals surface area contributed by atoms with Gasteiger partial charge in [-0.25, -0.2) is 8.42 Å². The van der Waals surface area contributed by atoms with Crippen molar-refractivity contribution in [2.75, 3.05) is 22.9 Å². The Hall–Kier alpha value is -2.75. The van der Waals surface area contributed by atoms with E-state index in [1.807, 2.05) is 0 Å². The highest BCUT2D eigenvalue weighted by atomic mass is 32.2. The summed E-state index contributed by atoms with van der Waals surface area (Å²) in [5.74, 6) is -1.38. The molecule has 6 nitrogen and oxygen atoms in total. The van der Waals surface area contributed by atoms with Crippen LogP contribution in [0.15, 0.2) is 42.5 Å². The summed E-state index contributed by atoms with van der Waals surface area (Å²) in [6, 6.07) is 9.66. The molecule has 2 aromatic carbocycles. The minimum Gasteiger partial charge on any atom is -0.494 e. The minimum atomic E-state index is -4.48. The predicted octanol–water partition coefficient (Wildman–Crippen LogP) is 4.22. The van der Waals surface area contributed by atoms with Gasteiger partial charge in [-0.2, -0.15) is 13.2 Å². The Morgan fingerprint density at radius 2 is 1.90 bits per heavy atom. The number of benzene rings is 2. The summed E-state index contributed by atoms with van der Waals surface area (Å²) < 4.78 is 70.7. The molecule has 0 spiro atoms. The predicted molar refractivity (Wildman–Crippen MR) is 107 cm³/mol. The van der Waals surface area contributed by atoms with Gasteiger partial charge in [-0.05, 0) is 43.0 Å². The Kier molecular flexibility index (Phi) is 5.98. The van der Waals surface area contributed by atoms with E-state index >= 15 is 0 Å². The number of anilines is 2. The lowest BCUT2D eigenvalue weighted by molar-refractivity contribution is -0.138. The third-order valence-electron chi connectivity index (χ3n) is 4.91. The zero-order valence-corrected chi connectivity index (χ0v) is 17.1. The number of amides is 1. The molecule has 2 atom stereocenters. The molecule has 1 aliphatic carbocycles. The highest BCUT2D eigenvalue weighted by Gasteiger charge is 2.47. The lowest BCUT2D eigenvalue weighted by Crippen LogP contribution is -2.17. The number of carbonyl (C=O) groups is 1. The van der Waals surface area contributed by atoms with Crippen LogP contribution in [0.4, 0.5) is 24.5 Å². The van der Waals surface area contributed by atoms with Gasteiger partial charge in [0, 0.05) is 17.7 Å². The fourth-order valence-electron chi connectivity index (χ4n) is 3.23. The molecule has 1 amide bonds. The van der Waals surface area contributed by atoms with Crippen LogP contribution < -0.4 is 14.8 Å². The van der Waals surface area contributed by atoms with Crippen molar-refractivity contribution in [1.29, 1.82) is 0 Å². The first-order valence-corrected chi connectivity index (χ1v) is 10.9. The fraction of sp³-hybridized carbons (Fsp3) is 0.350. The number of methoxy groups -OCH3 is 1. The lowest BCUT2D eigenvalue weighted by atomic mass is 10.0. The van der Waals surface area contributed by atoms with E-state index in [2.05, 4.69) is 10.0 Å². The Balaban J connectivity index is 1.73. The molecule has 162 valence electrons. The van der Waals surface area contributed by atoms with E-state index in [0.717, 1.165) is 6.07 Å². The van der Waals surface area contributed by atoms with Crippen molar-refractivity contribution in [1.82, 2.24) is 0 Å². The molecule has 3 rings (SSSR count). The van der Waals surface area contributed by atoms with Crippen LogP contribution in [0.5, 0.6) is 5.75 Å². The largest absolute Gasteiger partial charge is 0.494 e. The van der Waals surface area contributed by atoms with Gasteiger partial charge in [0.05, 0.1) is 24.1 Å². The Bertz CT molecular complexity index is 1050. The van der Waals surface area contributed by atoms with Gasteiger partial charge >= 0.3 is 6.18 Å². The number of rotatable bonds is 7. The molecule has 10 heteroatoms. The smallest absolute Gasteiger partial charge is 0.416 e. The van der Waals surface area contributed by atoms with Gasteiger partial charge in [0.15, 0.2) is 0 Å². The van der Waals surface area contributed by atoms with Crippen molar-refractivity contribution < 1.29 is 31.1 Å². The van der Waals surface area contributed by atoms with Gasteiger partial charge in [0.25, 0.3) is 0 Å². The number of carbonyl (C=O) groups excluding carboxylic acids is 1. The van der Waals surface area contributed by atoms with Gasteiger partial charge in [-0.3, -0.25) is 9.52 Å². The van der Waals surface area contributed by atoms with Gasteiger partial charge in [0.1, 0.15) is 5.75 Å². The number of nitrogens with one attached hydrogen (secondary N) is 2. The molecule has 1 fully saturated rings. The topological polar surface area (TPSA) is 84.5 Å². The average Bonchev–Trinajstić information content (AvgIpc) is 3.49. The van der Waals surface area contributed by atoms with Crippen molar-refractivity contribution in [3.63, 3.8) is 0 Å². The van der Waals surface area contributed by atoms with Crippen LogP contribution in [0.25, 0.3) is 0 Å². The third-order valence-corrected chi connectivity index (χ3v) is 6.20. The van der Waals surface area contributed by atoms with E-state index in [4.69, 9.17) is 4.74 Å². The summed E-state index contributed by atoms with van der Waals surface area (Å²) in [5, 5.41) is 2.66. The summed E-state index contributed by atoms with van der Waals surface area (Å²) in [7, 11) is -2.15. The van der Waals surface area contributed by atoms with E-state index in [1.54, 1.807) is 0 Å². The quantitative estimate of drug-likeness (QED) is 0.673. The van der Waals surface area contributed by atoms with Gasteiger partial charge < -0.3 is 10.1 Å². The average molecular weight is 442 g/mol. The van der Waals surface area contributed by atoms with Crippen LogP contribution in [-0.4, -0.2) is 27.2 Å². The molecule has 2 N–H and O–H groups in total. The molecule has 1 saturated carbocycles. The van der Waals surface area contributed by atoms with Crippen LogP contribution in [0, 0.1) is 5.92 Å². The van der Waals surface area contributed by atoms with Crippen LogP contribution in [0.1, 0.15) is 30.4 Å². The van der Waals surface area contributed by atoms with E-state index in [0.29, 0.717) is 12.1 Å². The van der Waals surface area contributed by atoms with Gasteiger partial charge in [-0.1, -0.05) is 18.2 Å². The molecule has 1 aliphatic rings. The first-order chi connectivity index (χ1) is 14.1. The van der Waals surface area contributed by atoms with E-state index in [1.165, 1.54) is 50.4 Å². The summed E-state index contributed by atoms with van der Waals surface area (Å²) in [5.41, 5.74) is -0.0293. The van der Waals surface area contributed by atoms with Crippen molar-refractivity contribution in [3.05, 3.63) is 53.6 Å². The molecule has 2 unspecified atom stereocenters. The Morgan fingerprint density at radius 1 is 1.20 bits per heavy atom. The fourth-order valence-corrected chi connectivity index (χ4v) is 3.88. The van der Waals surface area contributed by atoms with Crippen LogP contribution in [0.2, 0.25) is 0 Å². The maximum atomic E-state index is 13.2. The molecule has 0 radical (unpaired) electrons. The standard InChI is InChI=1S/C20H21F3N2O4S/c1-3-30(27,28)25-17-9-8-12(10-18(17)29-2)24-19(26)15-11-14(15)13-6-4-5-7-16(13)20(21,22)23/h4-10,14-15,25H,3,11H2,1-2H3,(H,24,26). The Morgan fingerprint density at radius 3 is 2.53 bits per heavy atom. The van der Waals surface area contributed by atoms with E-state index < -0.39 is 39.5 Å². The molecule has 0 heterocycles. The van der Waals surface area contributed by atoms with Crippen molar-refractivity contribution in [2.24, 2.45) is 5.92 Å². The number of ether oxygens (including phenoxy) is 1. The minimum absolute atomic E-state index is 0.114. The van der Waals surface area contributed by atoms with Gasteiger partial charge in [0.2, 0.25) is 15.9 Å². The van der Waals surface area contributed by atoms with E-state index in [-0.39, 0.29) is 22.8 Å². The summed E-state index contributed by atoms with van der Waals surface area (Å²) >= 11 is 0. The van der Waals surface area contributed by atoms with Gasteiger partial charge in [-0.15, -0.1) is 0 Å². The lowest BCUT2D eigenvalue weighted by Gasteiger charge is -2.14. The van der Waals surface area contributed by atoms with E-state index in [9.17, 15) is 26.4 Å². The van der Waals surface area contributed by atoms with Crippen LogP contribution in [0.3, 0.4) is 0 Å². The highest BCUT2D eigenvalue weighted by molar-refractivity contribution is 7.92. The number of sulfonamides is 1. The molecule has 0 aromatic heterocycles. The Labute approximate surface area is 172 Å². The molecule has 0 saturated heterocycles. The van der Waals surface area contributed by atoms with Crippen molar-refractivity contribution in [2.45, 2.75) is 25.4 Å². The first kappa shape index (κ1) is 21.9. The van der Waals surface area contributed by atoms with Crippen molar-refractivity contribution in [3.8, 4) is 5.75 Å². The molecule has 0 bridgehead atoms. The molecule has 30 heavy (non-hydrogen) atoms. The molecular formula is C20H21F3N2O4S. The maximum Gasteiger partial charge on any atom is 0.416 e. The first-order valence-electron chi connectivity index (χ1n) is 9.21. The maximum absolute atomic E-state index is 13.2. The van der Waals surface area contributed by atoms with Crippen molar-refractivity contribution >= 4 is 27.3 Å². The third kappa shape index (κ3) is 4.86. The number of hydrogen-bond donors (Lipinski definition) is 2. The summed E-state index contributed by atoms with van der Waals surface area (Å²) in [6.07, 6.45) is -4.15. The second kappa shape index (κ2) is 8.17. The zero-order valence-electron chi connectivity index (χ0n) is 16.3. The number of hydrogen-bond acceptors (Lipinski definition) is 4. The number of halogens is 3. The highest BCUT2D eigenvalue weighted by Crippen LogP contribution is 2.51. The monoisotopic (exact) mass is 442 g/mol. The summed E-state index contributed by atoms with van der Waals surface area (Å²) in [4.78, 5) is 12.5. The number of alkyl halides is 3. The molecule has 0 aliphatic heterocycles. The SMILES string of the molecule is CCS(=O)(=O)Nc1ccc(NC(=O)C2CC2c2ccccc2C(F)(F)F)cc1OC.